The Bertz CT molecular complexity index is 1400. The van der Waals surface area contributed by atoms with E-state index in [1.807, 2.05) is 12.1 Å². The van der Waals surface area contributed by atoms with Crippen LogP contribution in [0.15, 0.2) is 41.4 Å². The average Bonchev–Trinajstić information content (AvgIpc) is 3.35. The molecule has 7 N–H and O–H groups in total. The minimum Gasteiger partial charge on any atom is -0.508 e. The Labute approximate surface area is 294 Å². The zero-order valence-electron chi connectivity index (χ0n) is 30.1. The molecular weight excluding hydrogens is 614 g/mol. The van der Waals surface area contributed by atoms with Gasteiger partial charge in [-0.25, -0.2) is 0 Å². The number of aliphatic hydroxyl groups excluding tert-OH is 2. The molecule has 8 heteroatoms. The van der Waals surface area contributed by atoms with Gasteiger partial charge >= 0.3 is 0 Å². The fourth-order valence-electron chi connectivity index (χ4n) is 12.0. The maximum atomic E-state index is 11.2. The van der Waals surface area contributed by atoms with Gasteiger partial charge in [-0.05, 0) is 156 Å². The number of nitrogens with zero attached hydrogens (tertiary/aromatic N) is 1. The van der Waals surface area contributed by atoms with E-state index in [1.54, 1.807) is 12.1 Å². The van der Waals surface area contributed by atoms with Crippen molar-refractivity contribution in [1.82, 2.24) is 5.32 Å². The topological polar surface area (TPSA) is 144 Å². The molecule has 5 aliphatic carbocycles. The van der Waals surface area contributed by atoms with Crippen molar-refractivity contribution in [3.05, 3.63) is 42.0 Å². The Balaban J connectivity index is 0.935. The second-order valence-corrected chi connectivity index (χ2v) is 18.1. The number of phenolic OH excluding ortho intramolecular Hbond substituents is 1. The van der Waals surface area contributed by atoms with Crippen LogP contribution in [0.4, 0.5) is 0 Å². The van der Waals surface area contributed by atoms with E-state index in [0.717, 1.165) is 69.8 Å². The second-order valence-electron chi connectivity index (χ2n) is 18.1. The normalized spacial score (nSPS) is 44.3. The molecule has 5 saturated carbocycles. The van der Waals surface area contributed by atoms with Crippen molar-refractivity contribution >= 4 is 5.96 Å². The van der Waals surface area contributed by atoms with Gasteiger partial charge in [-0.2, -0.15) is 0 Å². The zero-order chi connectivity index (χ0) is 34.6. The molecule has 0 radical (unpaired) electrons. The molecular formula is C41H63N3O5. The highest BCUT2D eigenvalue weighted by Gasteiger charge is 2.67. The number of nitrogens with two attached hydrogens (primary N) is 1. The van der Waals surface area contributed by atoms with Gasteiger partial charge in [-0.3, -0.25) is 4.99 Å². The van der Waals surface area contributed by atoms with E-state index in [9.17, 15) is 20.4 Å². The molecule has 0 bridgehead atoms. The summed E-state index contributed by atoms with van der Waals surface area (Å²) in [5.41, 5.74) is 8.32. The van der Waals surface area contributed by atoms with Crippen molar-refractivity contribution in [2.75, 3.05) is 6.54 Å². The molecule has 12 unspecified atom stereocenters. The molecule has 49 heavy (non-hydrogen) atoms. The molecule has 1 aromatic rings. The molecule has 1 heterocycles. The number of ether oxygens (including phenoxy) is 1. The fraction of sp³-hybridized carbons (Fsp3) is 0.780. The highest BCUT2D eigenvalue weighted by molar-refractivity contribution is 5.78. The number of guanidine groups is 1. The lowest BCUT2D eigenvalue weighted by Gasteiger charge is -2.58. The number of hydrogen-bond donors (Lipinski definition) is 6. The lowest BCUT2D eigenvalue weighted by molar-refractivity contribution is -0.0712. The van der Waals surface area contributed by atoms with Gasteiger partial charge < -0.3 is 36.2 Å². The molecule has 8 nitrogen and oxygen atoms in total. The molecule has 0 amide bonds. The lowest BCUT2D eigenvalue weighted by atomic mass is 9.46. The van der Waals surface area contributed by atoms with Crippen LogP contribution >= 0.6 is 0 Å². The summed E-state index contributed by atoms with van der Waals surface area (Å²) in [4.78, 5) is 4.44. The summed E-state index contributed by atoms with van der Waals surface area (Å²) in [6, 6.07) is 7.19. The van der Waals surface area contributed by atoms with Crippen molar-refractivity contribution in [2.24, 2.45) is 51.1 Å². The van der Waals surface area contributed by atoms with E-state index in [1.165, 1.54) is 37.7 Å². The summed E-state index contributed by atoms with van der Waals surface area (Å²) in [5, 5.41) is 45.3. The Morgan fingerprint density at radius 2 is 1.94 bits per heavy atom. The van der Waals surface area contributed by atoms with E-state index in [2.05, 4.69) is 24.2 Å². The first-order valence-electron chi connectivity index (χ1n) is 19.6. The lowest BCUT2D eigenvalue weighted by Crippen LogP contribution is -2.51. The molecule has 7 rings (SSSR count). The predicted molar refractivity (Wildman–Crippen MR) is 193 cm³/mol. The van der Waals surface area contributed by atoms with Gasteiger partial charge in [0.25, 0.3) is 0 Å². The van der Waals surface area contributed by atoms with Crippen LogP contribution in [0.1, 0.15) is 122 Å². The summed E-state index contributed by atoms with van der Waals surface area (Å²) in [7, 11) is 0. The summed E-state index contributed by atoms with van der Waals surface area (Å²) < 4.78 is 6.69. The number of aromatic hydroxyl groups is 1. The van der Waals surface area contributed by atoms with E-state index < -0.39 is 11.8 Å². The Kier molecular flexibility index (Phi) is 9.68. The van der Waals surface area contributed by atoms with Gasteiger partial charge in [-0.1, -0.05) is 31.2 Å². The first-order chi connectivity index (χ1) is 23.3. The van der Waals surface area contributed by atoms with Crippen LogP contribution in [-0.2, 0) is 11.2 Å². The van der Waals surface area contributed by atoms with E-state index in [4.69, 9.17) is 17.0 Å². The van der Waals surface area contributed by atoms with Crippen molar-refractivity contribution in [1.29, 1.82) is 0 Å². The van der Waals surface area contributed by atoms with Crippen molar-refractivity contribution in [3.63, 3.8) is 0 Å². The predicted octanol–water partition coefficient (Wildman–Crippen LogP) is 6.35. The molecule has 0 aromatic heterocycles. The first-order valence-corrected chi connectivity index (χ1v) is 19.6. The standard InChI is InChI=1S/C41H63N3O5/c1-26-22-40(17-11-28(23-40)12-18-41(48)15-5-8-32(46)24-41)36-39(3,49-36)16-13-34-33(26)25-38(34,2)30-10-9-29(21-30)35(47)44-37(42)43-19-14-27-6-4-7-31(45)20-27/h4,6-7,20,28-30,32-36,45-48H,1,5,8-19,21-25H2,2-3H3,(H3,42,43,44). The van der Waals surface area contributed by atoms with Crippen LogP contribution in [0.3, 0.4) is 0 Å². The van der Waals surface area contributed by atoms with Crippen LogP contribution in [0, 0.1) is 40.4 Å². The van der Waals surface area contributed by atoms with Gasteiger partial charge in [0.15, 0.2) is 5.96 Å². The fourth-order valence-corrected chi connectivity index (χ4v) is 12.0. The van der Waals surface area contributed by atoms with Crippen LogP contribution < -0.4 is 11.1 Å². The largest absolute Gasteiger partial charge is 0.508 e. The molecule has 1 saturated heterocycles. The smallest absolute Gasteiger partial charge is 0.190 e. The summed E-state index contributed by atoms with van der Waals surface area (Å²) >= 11 is 0. The Hall–Kier alpha value is -2.13. The Morgan fingerprint density at radius 3 is 2.73 bits per heavy atom. The minimum absolute atomic E-state index is 0.0394. The number of epoxide rings is 1. The van der Waals surface area contributed by atoms with Crippen LogP contribution in [-0.4, -0.2) is 62.6 Å². The number of aliphatic imine (C=N–C) groups is 1. The summed E-state index contributed by atoms with van der Waals surface area (Å²) in [5.74, 6) is 3.05. The van der Waals surface area contributed by atoms with Gasteiger partial charge in [0, 0.05) is 24.3 Å². The molecule has 1 spiro atoms. The molecule has 12 atom stereocenters. The number of benzene rings is 1. The van der Waals surface area contributed by atoms with Gasteiger partial charge in [0.05, 0.1) is 23.4 Å². The first kappa shape index (κ1) is 35.3. The third kappa shape index (κ3) is 7.18. The van der Waals surface area contributed by atoms with E-state index >= 15 is 0 Å². The highest BCUT2D eigenvalue weighted by Crippen LogP contribution is 2.69. The third-order valence-electron chi connectivity index (χ3n) is 14.8. The number of fused-ring (bicyclic) bond motifs is 3. The summed E-state index contributed by atoms with van der Waals surface area (Å²) in [6.07, 6.45) is 16.2. The average molecular weight is 678 g/mol. The number of phenols is 1. The molecule has 1 aliphatic heterocycles. The van der Waals surface area contributed by atoms with Crippen LogP contribution in [0.5, 0.6) is 5.75 Å². The van der Waals surface area contributed by atoms with E-state index in [-0.39, 0.29) is 40.2 Å². The van der Waals surface area contributed by atoms with Gasteiger partial charge in [-0.15, -0.1) is 0 Å². The molecule has 1 aromatic carbocycles. The number of nitrogens with one attached hydrogen (secondary N) is 1. The van der Waals surface area contributed by atoms with Crippen molar-refractivity contribution in [3.8, 4) is 5.75 Å². The monoisotopic (exact) mass is 677 g/mol. The molecule has 6 aliphatic rings. The van der Waals surface area contributed by atoms with Crippen LogP contribution in [0.25, 0.3) is 0 Å². The molecule has 272 valence electrons. The van der Waals surface area contributed by atoms with Gasteiger partial charge in [0.2, 0.25) is 0 Å². The second kappa shape index (κ2) is 13.4. The SMILES string of the molecule is C=C1CC2(CCC(CCC3(O)CCCC(O)C3)C2)C2OC2(C)CCC2C1CC2(C)C1CCC(C(O)NC(N)=NCCc2cccc(O)c2)C1. The third-order valence-corrected chi connectivity index (χ3v) is 14.8. The highest BCUT2D eigenvalue weighted by atomic mass is 16.6. The van der Waals surface area contributed by atoms with E-state index in [0.29, 0.717) is 49.2 Å². The number of rotatable bonds is 9. The maximum Gasteiger partial charge on any atom is 0.190 e. The van der Waals surface area contributed by atoms with Crippen LogP contribution in [0.2, 0.25) is 0 Å². The Morgan fingerprint density at radius 1 is 1.10 bits per heavy atom. The quantitative estimate of drug-likeness (QED) is 0.0588. The zero-order valence-corrected chi connectivity index (χ0v) is 30.1. The number of allylic oxidation sites excluding steroid dienone is 1. The maximum absolute atomic E-state index is 11.2. The van der Waals surface area contributed by atoms with Crippen molar-refractivity contribution < 1.29 is 25.2 Å². The van der Waals surface area contributed by atoms with Gasteiger partial charge in [0.1, 0.15) is 12.0 Å². The number of hydrogen-bond acceptors (Lipinski definition) is 6. The molecule has 6 fully saturated rings. The van der Waals surface area contributed by atoms with Crippen molar-refractivity contribution in [2.45, 2.75) is 153 Å². The minimum atomic E-state index is -0.705. The summed E-state index contributed by atoms with van der Waals surface area (Å²) in [6.45, 7) is 10.2. The number of aliphatic hydroxyl groups is 3.